The molecule has 0 aromatic heterocycles. The van der Waals surface area contributed by atoms with Crippen LogP contribution in [0.15, 0.2) is 36.4 Å². The molecule has 1 saturated carbocycles. The number of nitrogens with one attached hydrogen (secondary N) is 1. The van der Waals surface area contributed by atoms with E-state index in [1.54, 1.807) is 36.4 Å². The van der Waals surface area contributed by atoms with E-state index in [1.807, 2.05) is 0 Å². The Labute approximate surface area is 195 Å². The SMILES string of the molecule is C[C@@]1(O)C(Oc2ccc(-c3ccc(C(=O)NC4CC4)c(Cl)c3)cc2Cl)O[C@H](CO)C[C@@H]1O. The lowest BCUT2D eigenvalue weighted by molar-refractivity contribution is -0.283. The summed E-state index contributed by atoms with van der Waals surface area (Å²) in [5.74, 6) is 0.0618. The number of hydrogen-bond acceptors (Lipinski definition) is 6. The lowest BCUT2D eigenvalue weighted by atomic mass is 9.90. The molecular formula is C23H25Cl2NO6. The van der Waals surface area contributed by atoms with Gasteiger partial charge in [0.05, 0.1) is 34.4 Å². The number of ether oxygens (including phenoxy) is 2. The molecule has 4 N–H and O–H groups in total. The molecule has 32 heavy (non-hydrogen) atoms. The van der Waals surface area contributed by atoms with Crippen LogP contribution in [-0.4, -0.2) is 58.0 Å². The average Bonchev–Trinajstić information content (AvgIpc) is 3.56. The molecule has 1 amide bonds. The van der Waals surface area contributed by atoms with Crippen LogP contribution in [0.25, 0.3) is 11.1 Å². The van der Waals surface area contributed by atoms with E-state index in [1.165, 1.54) is 6.92 Å². The van der Waals surface area contributed by atoms with Gasteiger partial charge in [-0.1, -0.05) is 35.3 Å². The number of carbonyl (C=O) groups is 1. The van der Waals surface area contributed by atoms with Crippen LogP contribution in [0.3, 0.4) is 0 Å². The van der Waals surface area contributed by atoms with Gasteiger partial charge in [-0.3, -0.25) is 4.79 Å². The Morgan fingerprint density at radius 1 is 1.19 bits per heavy atom. The Bertz CT molecular complexity index is 1010. The van der Waals surface area contributed by atoms with Crippen LogP contribution in [0.4, 0.5) is 0 Å². The minimum atomic E-state index is -1.68. The zero-order valence-corrected chi connectivity index (χ0v) is 18.9. The van der Waals surface area contributed by atoms with Gasteiger partial charge in [0.25, 0.3) is 5.91 Å². The van der Waals surface area contributed by atoms with Crippen molar-refractivity contribution >= 4 is 29.1 Å². The van der Waals surface area contributed by atoms with Gasteiger partial charge in [0, 0.05) is 12.5 Å². The fourth-order valence-electron chi connectivity index (χ4n) is 3.54. The van der Waals surface area contributed by atoms with E-state index in [2.05, 4.69) is 5.32 Å². The van der Waals surface area contributed by atoms with Crippen LogP contribution < -0.4 is 10.1 Å². The van der Waals surface area contributed by atoms with Gasteiger partial charge in [0.1, 0.15) is 11.4 Å². The Balaban J connectivity index is 1.52. The van der Waals surface area contributed by atoms with Crippen LogP contribution in [0.2, 0.25) is 10.0 Å². The molecule has 0 bridgehead atoms. The zero-order valence-electron chi connectivity index (χ0n) is 17.4. The van der Waals surface area contributed by atoms with Crippen LogP contribution in [0, 0.1) is 0 Å². The van der Waals surface area contributed by atoms with Crippen molar-refractivity contribution in [1.29, 1.82) is 0 Å². The molecule has 2 aromatic rings. The average molecular weight is 482 g/mol. The Kier molecular flexibility index (Phi) is 6.68. The van der Waals surface area contributed by atoms with Gasteiger partial charge in [-0.15, -0.1) is 0 Å². The Morgan fingerprint density at radius 3 is 2.44 bits per heavy atom. The fraction of sp³-hybridized carbons (Fsp3) is 0.435. The van der Waals surface area contributed by atoms with Crippen LogP contribution in [0.1, 0.15) is 36.5 Å². The molecule has 7 nitrogen and oxygen atoms in total. The normalized spacial score (nSPS) is 27.8. The topological polar surface area (TPSA) is 108 Å². The second-order valence-electron chi connectivity index (χ2n) is 8.46. The molecule has 4 rings (SSSR count). The summed E-state index contributed by atoms with van der Waals surface area (Å²) >= 11 is 12.8. The highest BCUT2D eigenvalue weighted by Gasteiger charge is 2.48. The second-order valence-corrected chi connectivity index (χ2v) is 9.27. The highest BCUT2D eigenvalue weighted by molar-refractivity contribution is 6.34. The molecule has 9 heteroatoms. The summed E-state index contributed by atoms with van der Waals surface area (Å²) in [4.78, 5) is 12.3. The monoisotopic (exact) mass is 481 g/mol. The van der Waals surface area contributed by atoms with E-state index in [0.29, 0.717) is 10.6 Å². The van der Waals surface area contributed by atoms with Gasteiger partial charge in [-0.2, -0.15) is 0 Å². The third-order valence-corrected chi connectivity index (χ3v) is 6.39. The molecule has 1 unspecified atom stereocenters. The minimum Gasteiger partial charge on any atom is -0.460 e. The lowest BCUT2D eigenvalue weighted by Crippen LogP contribution is -2.60. The van der Waals surface area contributed by atoms with Gasteiger partial charge in [-0.05, 0) is 55.2 Å². The number of halogens is 2. The number of hydrogen-bond donors (Lipinski definition) is 4. The number of carbonyl (C=O) groups excluding carboxylic acids is 1. The summed E-state index contributed by atoms with van der Waals surface area (Å²) in [7, 11) is 0. The molecule has 1 aliphatic carbocycles. The first-order chi connectivity index (χ1) is 15.2. The van der Waals surface area contributed by atoms with E-state index < -0.39 is 24.1 Å². The first kappa shape index (κ1) is 23.3. The van der Waals surface area contributed by atoms with Crippen molar-refractivity contribution in [2.24, 2.45) is 0 Å². The molecule has 1 aliphatic heterocycles. The number of rotatable bonds is 6. The molecule has 2 aromatic carbocycles. The van der Waals surface area contributed by atoms with Gasteiger partial charge < -0.3 is 30.1 Å². The summed E-state index contributed by atoms with van der Waals surface area (Å²) in [5.41, 5.74) is 0.256. The summed E-state index contributed by atoms with van der Waals surface area (Å²) in [5, 5.41) is 33.7. The highest BCUT2D eigenvalue weighted by Crippen LogP contribution is 2.36. The number of aliphatic hydroxyl groups excluding tert-OH is 2. The third-order valence-electron chi connectivity index (χ3n) is 5.78. The van der Waals surface area contributed by atoms with Gasteiger partial charge in [0.15, 0.2) is 0 Å². The largest absolute Gasteiger partial charge is 0.460 e. The molecule has 0 radical (unpaired) electrons. The maximum atomic E-state index is 12.3. The Morgan fingerprint density at radius 2 is 1.84 bits per heavy atom. The number of benzene rings is 2. The van der Waals surface area contributed by atoms with E-state index in [9.17, 15) is 20.1 Å². The van der Waals surface area contributed by atoms with Crippen molar-refractivity contribution in [3.63, 3.8) is 0 Å². The Hall–Kier alpha value is -1.87. The molecular weight excluding hydrogens is 457 g/mol. The first-order valence-electron chi connectivity index (χ1n) is 10.4. The standard InChI is InChI=1S/C23H25Cl2NO6/c1-23(30)20(28)10-15(11-27)31-22(23)32-19-7-3-13(9-18(19)25)12-2-6-16(17(24)8-12)21(29)26-14-4-5-14/h2-3,6-9,14-15,20,22,27-28,30H,4-5,10-11H2,1H3,(H,26,29)/t15-,20-,22?,23-/m0/s1. The second kappa shape index (κ2) is 9.17. The summed E-state index contributed by atoms with van der Waals surface area (Å²) in [6.45, 7) is 1.09. The van der Waals surface area contributed by atoms with Crippen molar-refractivity contribution in [2.75, 3.05) is 6.61 Å². The maximum Gasteiger partial charge on any atom is 0.253 e. The molecule has 4 atom stereocenters. The van der Waals surface area contributed by atoms with Crippen LogP contribution >= 0.6 is 23.2 Å². The third kappa shape index (κ3) is 4.88. The fourth-order valence-corrected chi connectivity index (χ4v) is 4.03. The van der Waals surface area contributed by atoms with Crippen molar-refractivity contribution in [3.8, 4) is 16.9 Å². The van der Waals surface area contributed by atoms with Gasteiger partial charge in [-0.25, -0.2) is 0 Å². The van der Waals surface area contributed by atoms with Crippen molar-refractivity contribution in [1.82, 2.24) is 5.32 Å². The van der Waals surface area contributed by atoms with Crippen LogP contribution in [0.5, 0.6) is 5.75 Å². The van der Waals surface area contributed by atoms with Crippen molar-refractivity contribution < 1.29 is 29.6 Å². The minimum absolute atomic E-state index is 0.0888. The van der Waals surface area contributed by atoms with Crippen molar-refractivity contribution in [3.05, 3.63) is 52.0 Å². The van der Waals surface area contributed by atoms with E-state index in [4.69, 9.17) is 32.7 Å². The number of aliphatic hydroxyl groups is 3. The molecule has 0 spiro atoms. The molecule has 2 fully saturated rings. The predicted octanol–water partition coefficient (Wildman–Crippen LogP) is 3.15. The maximum absolute atomic E-state index is 12.3. The molecule has 172 valence electrons. The number of amides is 1. The summed E-state index contributed by atoms with van der Waals surface area (Å²) < 4.78 is 11.3. The molecule has 2 aliphatic rings. The molecule has 1 heterocycles. The van der Waals surface area contributed by atoms with E-state index >= 15 is 0 Å². The first-order valence-corrected chi connectivity index (χ1v) is 11.2. The zero-order chi connectivity index (χ0) is 23.0. The van der Waals surface area contributed by atoms with Gasteiger partial charge in [0.2, 0.25) is 6.29 Å². The van der Waals surface area contributed by atoms with E-state index in [0.717, 1.165) is 24.0 Å². The predicted molar refractivity (Wildman–Crippen MR) is 120 cm³/mol. The molecule has 1 saturated heterocycles. The van der Waals surface area contributed by atoms with E-state index in [-0.39, 0.29) is 35.7 Å². The van der Waals surface area contributed by atoms with Gasteiger partial charge >= 0.3 is 0 Å². The smallest absolute Gasteiger partial charge is 0.253 e. The van der Waals surface area contributed by atoms with Crippen LogP contribution in [-0.2, 0) is 4.74 Å². The summed E-state index contributed by atoms with van der Waals surface area (Å²) in [6, 6.07) is 10.5. The lowest BCUT2D eigenvalue weighted by Gasteiger charge is -2.43. The van der Waals surface area contributed by atoms with Crippen molar-refractivity contribution in [2.45, 2.75) is 56.3 Å². The quantitative estimate of drug-likeness (QED) is 0.504. The highest BCUT2D eigenvalue weighted by atomic mass is 35.5. The summed E-state index contributed by atoms with van der Waals surface area (Å²) in [6.07, 6.45) is -0.929.